The number of amides is 1. The number of pyridine rings is 1. The quantitative estimate of drug-likeness (QED) is 0.673. The molecule has 1 atom stereocenters. The topological polar surface area (TPSA) is 54.5 Å². The molecule has 1 saturated heterocycles. The van der Waals surface area contributed by atoms with Gasteiger partial charge in [-0.1, -0.05) is 0 Å². The van der Waals surface area contributed by atoms with E-state index in [0.29, 0.717) is 12.1 Å². The Balaban J connectivity index is 1.89. The zero-order chi connectivity index (χ0) is 9.10. The van der Waals surface area contributed by atoms with Crippen molar-refractivity contribution in [1.29, 1.82) is 0 Å². The van der Waals surface area contributed by atoms with E-state index in [0.717, 1.165) is 6.61 Å². The molecule has 0 saturated carbocycles. The molecule has 68 valence electrons. The van der Waals surface area contributed by atoms with Crippen molar-refractivity contribution in [1.82, 2.24) is 10.3 Å². The van der Waals surface area contributed by atoms with E-state index >= 15 is 0 Å². The Morgan fingerprint density at radius 2 is 2.31 bits per heavy atom. The molecule has 0 aliphatic carbocycles. The van der Waals surface area contributed by atoms with Gasteiger partial charge in [-0.15, -0.1) is 0 Å². The predicted molar refractivity (Wildman–Crippen MR) is 46.3 cm³/mol. The van der Waals surface area contributed by atoms with E-state index in [-0.39, 0.29) is 12.0 Å². The van der Waals surface area contributed by atoms with Crippen LogP contribution in [0.3, 0.4) is 0 Å². The van der Waals surface area contributed by atoms with Crippen molar-refractivity contribution in [2.75, 3.05) is 13.2 Å². The molecular formula is C9H10N2O2. The van der Waals surface area contributed by atoms with Crippen LogP contribution in [0.25, 0.3) is 0 Å². The summed E-state index contributed by atoms with van der Waals surface area (Å²) in [6, 6.07) is 3.37. The molecule has 0 spiro atoms. The molecule has 0 bridgehead atoms. The standard InChI is InChI=1S/C9H10N2O2/c12-9(11-5-8-6-13-8)7-1-3-10-4-2-7/h1-4,8H,5-6H2,(H,11,12)/t8-/m0/s1. The number of carbonyl (C=O) groups excluding carboxylic acids is 1. The molecule has 0 radical (unpaired) electrons. The molecule has 2 heterocycles. The second-order valence-corrected chi connectivity index (χ2v) is 2.90. The average molecular weight is 178 g/mol. The van der Waals surface area contributed by atoms with Gasteiger partial charge in [0.15, 0.2) is 0 Å². The van der Waals surface area contributed by atoms with Crippen LogP contribution in [0.1, 0.15) is 10.4 Å². The summed E-state index contributed by atoms with van der Waals surface area (Å²) in [6.45, 7) is 1.36. The van der Waals surface area contributed by atoms with Crippen LogP contribution in [0.15, 0.2) is 24.5 Å². The Labute approximate surface area is 75.9 Å². The number of nitrogens with zero attached hydrogens (tertiary/aromatic N) is 1. The minimum atomic E-state index is -0.0714. The molecular weight excluding hydrogens is 168 g/mol. The lowest BCUT2D eigenvalue weighted by Crippen LogP contribution is -2.27. The van der Waals surface area contributed by atoms with Crippen molar-refractivity contribution in [2.45, 2.75) is 6.10 Å². The fourth-order valence-corrected chi connectivity index (χ4v) is 0.998. The predicted octanol–water partition coefficient (Wildman–Crippen LogP) is 0.210. The van der Waals surface area contributed by atoms with Gasteiger partial charge in [-0.3, -0.25) is 9.78 Å². The van der Waals surface area contributed by atoms with Crippen molar-refractivity contribution in [3.8, 4) is 0 Å². The van der Waals surface area contributed by atoms with Gasteiger partial charge in [-0.2, -0.15) is 0 Å². The van der Waals surface area contributed by atoms with Crippen LogP contribution in [0.2, 0.25) is 0 Å². The summed E-state index contributed by atoms with van der Waals surface area (Å²) >= 11 is 0. The van der Waals surface area contributed by atoms with Gasteiger partial charge in [0, 0.05) is 24.5 Å². The van der Waals surface area contributed by atoms with Gasteiger partial charge in [0.05, 0.1) is 12.7 Å². The van der Waals surface area contributed by atoms with Crippen molar-refractivity contribution in [3.05, 3.63) is 30.1 Å². The number of rotatable bonds is 3. The van der Waals surface area contributed by atoms with Crippen LogP contribution >= 0.6 is 0 Å². The minimum Gasteiger partial charge on any atom is -0.371 e. The smallest absolute Gasteiger partial charge is 0.251 e. The molecule has 0 unspecified atom stereocenters. The maximum Gasteiger partial charge on any atom is 0.251 e. The third kappa shape index (κ3) is 2.26. The van der Waals surface area contributed by atoms with Crippen LogP contribution in [0.5, 0.6) is 0 Å². The van der Waals surface area contributed by atoms with Crippen LogP contribution in [-0.2, 0) is 4.74 Å². The molecule has 1 amide bonds. The van der Waals surface area contributed by atoms with Crippen LogP contribution in [0, 0.1) is 0 Å². The van der Waals surface area contributed by atoms with Crippen LogP contribution < -0.4 is 5.32 Å². The third-order valence-electron chi connectivity index (χ3n) is 1.84. The summed E-state index contributed by atoms with van der Waals surface area (Å²) in [5, 5.41) is 2.77. The van der Waals surface area contributed by atoms with E-state index in [1.165, 1.54) is 0 Å². The molecule has 13 heavy (non-hydrogen) atoms. The highest BCUT2D eigenvalue weighted by Crippen LogP contribution is 2.06. The van der Waals surface area contributed by atoms with Gasteiger partial charge in [0.2, 0.25) is 0 Å². The number of carbonyl (C=O) groups is 1. The second kappa shape index (κ2) is 3.53. The zero-order valence-corrected chi connectivity index (χ0v) is 7.06. The largest absolute Gasteiger partial charge is 0.371 e. The van der Waals surface area contributed by atoms with Gasteiger partial charge in [0.25, 0.3) is 5.91 Å². The Kier molecular flexibility index (Phi) is 2.23. The molecule has 1 fully saturated rings. The van der Waals surface area contributed by atoms with Crippen molar-refractivity contribution in [2.24, 2.45) is 0 Å². The van der Waals surface area contributed by atoms with Crippen LogP contribution in [-0.4, -0.2) is 30.1 Å². The first kappa shape index (κ1) is 8.19. The Bertz CT molecular complexity index is 296. The molecule has 4 nitrogen and oxygen atoms in total. The van der Waals surface area contributed by atoms with E-state index in [1.54, 1.807) is 24.5 Å². The monoisotopic (exact) mass is 178 g/mol. The third-order valence-corrected chi connectivity index (χ3v) is 1.84. The molecule has 1 aromatic heterocycles. The fraction of sp³-hybridized carbons (Fsp3) is 0.333. The van der Waals surface area contributed by atoms with Crippen molar-refractivity contribution >= 4 is 5.91 Å². The molecule has 0 aromatic carbocycles. The fourth-order valence-electron chi connectivity index (χ4n) is 0.998. The number of epoxide rings is 1. The first-order valence-electron chi connectivity index (χ1n) is 4.16. The highest BCUT2D eigenvalue weighted by Gasteiger charge is 2.22. The van der Waals surface area contributed by atoms with Gasteiger partial charge < -0.3 is 10.1 Å². The number of hydrogen-bond donors (Lipinski definition) is 1. The van der Waals surface area contributed by atoms with E-state index in [1.807, 2.05) is 0 Å². The summed E-state index contributed by atoms with van der Waals surface area (Å²) in [5.41, 5.74) is 0.635. The summed E-state index contributed by atoms with van der Waals surface area (Å²) in [6.07, 6.45) is 3.43. The summed E-state index contributed by atoms with van der Waals surface area (Å²) in [5.74, 6) is -0.0714. The number of nitrogens with one attached hydrogen (secondary N) is 1. The SMILES string of the molecule is O=C(NC[C@H]1CO1)c1ccncc1. The van der Waals surface area contributed by atoms with Gasteiger partial charge >= 0.3 is 0 Å². The highest BCUT2D eigenvalue weighted by molar-refractivity contribution is 5.93. The molecule has 2 rings (SSSR count). The number of hydrogen-bond acceptors (Lipinski definition) is 3. The molecule has 1 aliphatic heterocycles. The van der Waals surface area contributed by atoms with E-state index in [9.17, 15) is 4.79 Å². The van der Waals surface area contributed by atoms with E-state index < -0.39 is 0 Å². The van der Waals surface area contributed by atoms with E-state index in [2.05, 4.69) is 10.3 Å². The van der Waals surface area contributed by atoms with Crippen molar-refractivity contribution < 1.29 is 9.53 Å². The Morgan fingerprint density at radius 3 is 2.92 bits per heavy atom. The molecule has 1 aliphatic rings. The van der Waals surface area contributed by atoms with Gasteiger partial charge in [-0.05, 0) is 12.1 Å². The maximum atomic E-state index is 11.4. The Morgan fingerprint density at radius 1 is 1.62 bits per heavy atom. The lowest BCUT2D eigenvalue weighted by Gasteiger charge is -2.01. The first-order valence-corrected chi connectivity index (χ1v) is 4.16. The second-order valence-electron chi connectivity index (χ2n) is 2.90. The van der Waals surface area contributed by atoms with Gasteiger partial charge in [-0.25, -0.2) is 0 Å². The zero-order valence-electron chi connectivity index (χ0n) is 7.06. The molecule has 1 N–H and O–H groups in total. The van der Waals surface area contributed by atoms with E-state index in [4.69, 9.17) is 4.74 Å². The average Bonchev–Trinajstić information content (AvgIpc) is 2.99. The number of ether oxygens (including phenoxy) is 1. The Hall–Kier alpha value is -1.42. The normalized spacial score (nSPS) is 19.5. The minimum absolute atomic E-state index is 0.0714. The number of aromatic nitrogens is 1. The van der Waals surface area contributed by atoms with Crippen molar-refractivity contribution in [3.63, 3.8) is 0 Å². The highest BCUT2D eigenvalue weighted by atomic mass is 16.6. The van der Waals surface area contributed by atoms with Crippen LogP contribution in [0.4, 0.5) is 0 Å². The summed E-state index contributed by atoms with van der Waals surface area (Å²) in [7, 11) is 0. The summed E-state index contributed by atoms with van der Waals surface area (Å²) < 4.78 is 4.97. The maximum absolute atomic E-state index is 11.4. The molecule has 1 aromatic rings. The first-order chi connectivity index (χ1) is 6.36. The summed E-state index contributed by atoms with van der Waals surface area (Å²) in [4.78, 5) is 15.2. The van der Waals surface area contributed by atoms with Gasteiger partial charge in [0.1, 0.15) is 0 Å². The lowest BCUT2D eigenvalue weighted by atomic mass is 10.2. The lowest BCUT2D eigenvalue weighted by molar-refractivity contribution is 0.0950. The molecule has 4 heteroatoms.